The number of nitrogens with two attached hydrogens (primary N) is 1. The summed E-state index contributed by atoms with van der Waals surface area (Å²) in [7, 11) is 1.00. The maximum atomic E-state index is 10.9. The zero-order chi connectivity index (χ0) is 40.5. The molecule has 6 aromatic rings. The summed E-state index contributed by atoms with van der Waals surface area (Å²) < 4.78 is 0. The summed E-state index contributed by atoms with van der Waals surface area (Å²) in [6, 6.07) is 30.7. The van der Waals surface area contributed by atoms with Crippen molar-refractivity contribution in [1.29, 1.82) is 0 Å². The second kappa shape index (κ2) is 18.8. The van der Waals surface area contributed by atoms with Crippen LogP contribution < -0.4 is 5.73 Å². The van der Waals surface area contributed by atoms with Gasteiger partial charge in [-0.3, -0.25) is 15.0 Å². The second-order valence-corrected chi connectivity index (χ2v) is 15.3. The molecule has 0 saturated carbocycles. The smallest absolute Gasteiger partial charge is 0.329 e. The van der Waals surface area contributed by atoms with E-state index in [1.54, 1.807) is 6.07 Å². The Kier molecular flexibility index (Phi) is 13.5. The van der Waals surface area contributed by atoms with Gasteiger partial charge >= 0.3 is 17.9 Å². The zero-order valence-corrected chi connectivity index (χ0v) is 32.6. The van der Waals surface area contributed by atoms with Gasteiger partial charge in [0, 0.05) is 46.2 Å². The van der Waals surface area contributed by atoms with Crippen molar-refractivity contribution in [2.24, 2.45) is 15.0 Å². The Hall–Kier alpha value is -5.88. The maximum Gasteiger partial charge on any atom is 0.329 e. The van der Waals surface area contributed by atoms with Crippen molar-refractivity contribution in [3.63, 3.8) is 0 Å². The Bertz CT molecular complexity index is 2450. The lowest BCUT2D eigenvalue weighted by molar-refractivity contribution is -0.138. The third-order valence-electron chi connectivity index (χ3n) is 8.38. The molecule has 6 heterocycles. The number of pyridine rings is 3. The number of aliphatic hydroxyl groups is 1. The van der Waals surface area contributed by atoms with E-state index in [2.05, 4.69) is 29.9 Å². The van der Waals surface area contributed by atoms with E-state index in [-0.39, 0.29) is 0 Å². The van der Waals surface area contributed by atoms with Crippen molar-refractivity contribution in [2.45, 2.75) is 18.1 Å². The van der Waals surface area contributed by atoms with Crippen LogP contribution in [0.3, 0.4) is 0 Å². The van der Waals surface area contributed by atoms with E-state index in [0.29, 0.717) is 43.8 Å². The molecule has 290 valence electrons. The zero-order valence-electron chi connectivity index (χ0n) is 30.2. The number of anilines is 1. The monoisotopic (exact) mass is 821 g/mol. The number of benzene rings is 3. The molecular weight excluding hydrogens is 787 g/mol. The first kappa shape index (κ1) is 40.8. The van der Waals surface area contributed by atoms with E-state index in [0.717, 1.165) is 51.2 Å². The Morgan fingerprint density at radius 3 is 1.23 bits per heavy atom. The van der Waals surface area contributed by atoms with Crippen LogP contribution in [0.5, 0.6) is 0 Å². The predicted octanol–water partition coefficient (Wildman–Crippen LogP) is 5.73. The number of aliphatic hydroxyl groups excluding tert-OH is 1. The first-order valence-corrected chi connectivity index (χ1v) is 20.2. The van der Waals surface area contributed by atoms with Gasteiger partial charge in [0.1, 0.15) is 15.1 Å². The number of hydrogen-bond donors (Lipinski definition) is 5. The average Bonchev–Trinajstić information content (AvgIpc) is 4.04. The Morgan fingerprint density at radius 1 is 0.509 bits per heavy atom. The highest BCUT2D eigenvalue weighted by Gasteiger charge is 2.27. The van der Waals surface area contributed by atoms with E-state index in [9.17, 15) is 14.4 Å². The van der Waals surface area contributed by atoms with Gasteiger partial charge < -0.3 is 26.2 Å². The Labute approximate surface area is 338 Å². The fourth-order valence-electron chi connectivity index (χ4n) is 5.56. The molecular formula is C40H35N7O7S3. The molecule has 3 aromatic carbocycles. The summed E-state index contributed by atoms with van der Waals surface area (Å²) in [5.41, 5.74) is 11.3. The number of aromatic nitrogens is 3. The lowest BCUT2D eigenvalue weighted by Crippen LogP contribution is -2.17. The standard InChI is InChI=1S/C13H11N3O2S.2C13H10N2O2S.CH4O/c14-8-2-4-9-7(5-8)1-3-10(15-9)12-16-11(6-19-12)13(17)18;2*16-13(17)11-7-18-12(15-11)10-6-5-8-3-1-2-4-9(8)14-10;1-2/h1-5,11H,6,14H2,(H,17,18);2*1-6,11H,7H2,(H,16,17);2H,1H3/t3*11-;/m111./s1. The van der Waals surface area contributed by atoms with Crippen molar-refractivity contribution >= 4 is 107 Å². The van der Waals surface area contributed by atoms with Gasteiger partial charge in [-0.15, -0.1) is 35.3 Å². The Balaban J connectivity index is 0.000000141. The molecule has 17 heteroatoms. The summed E-state index contributed by atoms with van der Waals surface area (Å²) in [5.74, 6) is -1.21. The second-order valence-electron chi connectivity index (χ2n) is 12.2. The van der Waals surface area contributed by atoms with Crippen LogP contribution >= 0.6 is 35.3 Å². The SMILES string of the molecule is CO.Nc1ccc2nc(C3=N[C@@H](C(=O)O)CS3)ccc2c1.O=C(O)[C@H]1CSC(c2ccc3ccccc3n2)=N1.O=C(O)[C@H]1CSC(c2ccc3ccccc3n2)=N1. The minimum Gasteiger partial charge on any atom is -0.480 e. The average molecular weight is 822 g/mol. The van der Waals surface area contributed by atoms with E-state index in [1.807, 2.05) is 97.1 Å². The van der Waals surface area contributed by atoms with E-state index < -0.39 is 36.0 Å². The van der Waals surface area contributed by atoms with Crippen LogP contribution in [0.25, 0.3) is 32.7 Å². The van der Waals surface area contributed by atoms with Gasteiger partial charge in [-0.2, -0.15) is 0 Å². The van der Waals surface area contributed by atoms with Gasteiger partial charge in [0.05, 0.1) is 33.6 Å². The van der Waals surface area contributed by atoms with Crippen LogP contribution in [0.2, 0.25) is 0 Å². The number of hydrogen-bond acceptors (Lipinski definition) is 14. The minimum absolute atomic E-state index is 0.464. The molecule has 9 rings (SSSR count). The molecule has 0 spiro atoms. The number of carbonyl (C=O) groups is 3. The predicted molar refractivity (Wildman–Crippen MR) is 229 cm³/mol. The van der Waals surface area contributed by atoms with Gasteiger partial charge in [-0.25, -0.2) is 29.3 Å². The summed E-state index contributed by atoms with van der Waals surface area (Å²) >= 11 is 4.32. The third kappa shape index (κ3) is 10.1. The van der Waals surface area contributed by atoms with Gasteiger partial charge in [-0.05, 0) is 48.5 Å². The highest BCUT2D eigenvalue weighted by atomic mass is 32.2. The number of nitrogen functional groups attached to an aromatic ring is 1. The molecule has 14 nitrogen and oxygen atoms in total. The van der Waals surface area contributed by atoms with Crippen LogP contribution in [0.1, 0.15) is 17.1 Å². The first-order chi connectivity index (χ1) is 27.6. The van der Waals surface area contributed by atoms with Crippen molar-refractivity contribution in [1.82, 2.24) is 15.0 Å². The maximum absolute atomic E-state index is 10.9. The largest absolute Gasteiger partial charge is 0.480 e. The van der Waals surface area contributed by atoms with Gasteiger partial charge in [0.15, 0.2) is 18.1 Å². The highest BCUT2D eigenvalue weighted by molar-refractivity contribution is 8.15. The number of aliphatic carboxylic acids is 3. The fraction of sp³-hybridized carbons (Fsp3) is 0.175. The lowest BCUT2D eigenvalue weighted by atomic mass is 10.2. The molecule has 0 aliphatic carbocycles. The van der Waals surface area contributed by atoms with Crippen LogP contribution in [-0.4, -0.2) is 111 Å². The number of fused-ring (bicyclic) bond motifs is 3. The number of aliphatic imine (C=N–C) groups is 3. The molecule has 3 atom stereocenters. The topological polar surface area (TPSA) is 234 Å². The number of carboxylic acid groups (broad SMARTS) is 3. The fourth-order valence-corrected chi connectivity index (χ4v) is 8.54. The third-order valence-corrected chi connectivity index (χ3v) is 11.6. The molecule has 0 saturated heterocycles. The lowest BCUT2D eigenvalue weighted by Gasteiger charge is -2.02. The van der Waals surface area contributed by atoms with Crippen LogP contribution in [0, 0.1) is 0 Å². The summed E-state index contributed by atoms with van der Waals surface area (Å²) in [6.07, 6.45) is 0. The van der Waals surface area contributed by atoms with Crippen LogP contribution in [0.15, 0.2) is 118 Å². The van der Waals surface area contributed by atoms with Crippen LogP contribution in [-0.2, 0) is 14.4 Å². The van der Waals surface area contributed by atoms with E-state index >= 15 is 0 Å². The van der Waals surface area contributed by atoms with Crippen molar-refractivity contribution < 1.29 is 34.8 Å². The molecule has 3 aliphatic heterocycles. The number of para-hydroxylation sites is 2. The van der Waals surface area contributed by atoms with Gasteiger partial charge in [0.25, 0.3) is 0 Å². The van der Waals surface area contributed by atoms with Crippen LogP contribution in [0.4, 0.5) is 5.69 Å². The van der Waals surface area contributed by atoms with Crippen molar-refractivity contribution in [3.8, 4) is 0 Å². The number of carboxylic acids is 3. The number of nitrogens with zero attached hydrogens (tertiary/aromatic N) is 6. The van der Waals surface area contributed by atoms with Gasteiger partial charge in [0.2, 0.25) is 0 Å². The quantitative estimate of drug-likeness (QED) is 0.126. The van der Waals surface area contributed by atoms with Crippen molar-refractivity contribution in [2.75, 3.05) is 30.1 Å². The Morgan fingerprint density at radius 2 is 0.860 bits per heavy atom. The van der Waals surface area contributed by atoms with E-state index in [1.165, 1.54) is 35.3 Å². The minimum atomic E-state index is -0.893. The number of rotatable bonds is 6. The first-order valence-electron chi connectivity index (χ1n) is 17.3. The molecule has 3 aliphatic rings. The molecule has 6 N–H and O–H groups in total. The van der Waals surface area contributed by atoms with E-state index in [4.69, 9.17) is 26.2 Å². The molecule has 0 bridgehead atoms. The molecule has 0 unspecified atom stereocenters. The summed E-state index contributed by atoms with van der Waals surface area (Å²) in [6.45, 7) is 0. The molecule has 0 amide bonds. The molecule has 0 fully saturated rings. The molecule has 57 heavy (non-hydrogen) atoms. The number of thioether (sulfide) groups is 3. The molecule has 0 radical (unpaired) electrons. The van der Waals surface area contributed by atoms with Gasteiger partial charge in [-0.1, -0.05) is 54.6 Å². The summed E-state index contributed by atoms with van der Waals surface area (Å²) in [5, 5.41) is 39.0. The highest BCUT2D eigenvalue weighted by Crippen LogP contribution is 2.27. The van der Waals surface area contributed by atoms with Crippen molar-refractivity contribution in [3.05, 3.63) is 120 Å². The molecule has 3 aromatic heterocycles. The summed E-state index contributed by atoms with van der Waals surface area (Å²) in [4.78, 5) is 58.6. The normalized spacial score (nSPS) is 18.2.